The molecule has 0 saturated carbocycles. The molecule has 4 heterocycles. The summed E-state index contributed by atoms with van der Waals surface area (Å²) in [6, 6.07) is 2.53. The molecule has 11 nitrogen and oxygen atoms in total. The SMILES string of the molecule is C[n+]1ccc(SCC2=C(C(=O)[O-])N3C(=O)[C@@H](NC(=O)/C=N\OCc4csc(N)n4)[C@H]3CS2)cc1. The highest BCUT2D eigenvalue weighted by atomic mass is 32.2. The Labute approximate surface area is 207 Å². The van der Waals surface area contributed by atoms with Crippen molar-refractivity contribution in [2.24, 2.45) is 12.2 Å². The second kappa shape index (κ2) is 10.4. The molecular weight excluding hydrogens is 500 g/mol. The van der Waals surface area contributed by atoms with Crippen LogP contribution in [0.2, 0.25) is 0 Å². The van der Waals surface area contributed by atoms with Gasteiger partial charge in [0.1, 0.15) is 19.3 Å². The Hall–Kier alpha value is -3.10. The molecule has 0 spiro atoms. The summed E-state index contributed by atoms with van der Waals surface area (Å²) in [5.41, 5.74) is 5.98. The van der Waals surface area contributed by atoms with E-state index in [1.807, 2.05) is 36.1 Å². The van der Waals surface area contributed by atoms with Crippen molar-refractivity contribution < 1.29 is 28.9 Å². The number of carboxylic acids is 1. The number of nitrogens with zero attached hydrogens (tertiary/aromatic N) is 4. The first-order chi connectivity index (χ1) is 16.3. The molecular formula is C20H20N6O5S3. The minimum atomic E-state index is -1.41. The van der Waals surface area contributed by atoms with Crippen LogP contribution in [0, 0.1) is 0 Å². The van der Waals surface area contributed by atoms with Gasteiger partial charge in [-0.15, -0.1) is 34.9 Å². The number of amides is 2. The number of fused-ring (bicyclic) bond motifs is 1. The summed E-state index contributed by atoms with van der Waals surface area (Å²) in [4.78, 5) is 48.4. The van der Waals surface area contributed by atoms with Crippen molar-refractivity contribution in [3.05, 3.63) is 46.2 Å². The fraction of sp³-hybridized carbons (Fsp3) is 0.300. The van der Waals surface area contributed by atoms with Gasteiger partial charge in [0.2, 0.25) is 0 Å². The van der Waals surface area contributed by atoms with Crippen LogP contribution in [-0.2, 0) is 32.9 Å². The highest BCUT2D eigenvalue weighted by Crippen LogP contribution is 2.40. The molecule has 4 rings (SSSR count). The van der Waals surface area contributed by atoms with Gasteiger partial charge < -0.3 is 30.7 Å². The van der Waals surface area contributed by atoms with E-state index in [1.54, 1.807) is 5.38 Å². The van der Waals surface area contributed by atoms with Gasteiger partial charge >= 0.3 is 0 Å². The maximum atomic E-state index is 12.7. The lowest BCUT2D eigenvalue weighted by Crippen LogP contribution is -2.73. The number of oxime groups is 1. The zero-order valence-electron chi connectivity index (χ0n) is 17.9. The zero-order chi connectivity index (χ0) is 24.2. The van der Waals surface area contributed by atoms with Crippen LogP contribution in [-0.4, -0.2) is 57.5 Å². The summed E-state index contributed by atoms with van der Waals surface area (Å²) in [5, 5.41) is 20.1. The van der Waals surface area contributed by atoms with Crippen molar-refractivity contribution in [3.8, 4) is 0 Å². The molecule has 1 saturated heterocycles. The number of thioether (sulfide) groups is 2. The Kier molecular flexibility index (Phi) is 7.38. The summed E-state index contributed by atoms with van der Waals surface area (Å²) in [6.45, 7) is 0.0505. The highest BCUT2D eigenvalue weighted by molar-refractivity contribution is 8.06. The fourth-order valence-electron chi connectivity index (χ4n) is 3.36. The number of aliphatic carboxylic acids is 1. The van der Waals surface area contributed by atoms with Crippen LogP contribution in [0.15, 0.2) is 50.6 Å². The monoisotopic (exact) mass is 520 g/mol. The van der Waals surface area contributed by atoms with Crippen molar-refractivity contribution in [3.63, 3.8) is 0 Å². The summed E-state index contributed by atoms with van der Waals surface area (Å²) < 4.78 is 1.90. The van der Waals surface area contributed by atoms with Crippen molar-refractivity contribution in [2.45, 2.75) is 23.6 Å². The summed E-state index contributed by atoms with van der Waals surface area (Å²) in [6.07, 6.45) is 4.71. The topological polar surface area (TPSA) is 154 Å². The van der Waals surface area contributed by atoms with E-state index in [0.29, 0.717) is 27.2 Å². The Balaban J connectivity index is 1.34. The Morgan fingerprint density at radius 1 is 1.47 bits per heavy atom. The number of nitrogens with one attached hydrogen (secondary N) is 1. The number of carbonyl (C=O) groups excluding carboxylic acids is 3. The zero-order valence-corrected chi connectivity index (χ0v) is 20.3. The van der Waals surface area contributed by atoms with E-state index < -0.39 is 29.9 Å². The number of hydrogen-bond donors (Lipinski definition) is 2. The van der Waals surface area contributed by atoms with Crippen LogP contribution in [0.4, 0.5) is 5.13 Å². The molecule has 2 amide bonds. The van der Waals surface area contributed by atoms with E-state index in [-0.39, 0.29) is 12.3 Å². The molecule has 14 heteroatoms. The largest absolute Gasteiger partial charge is 0.543 e. The second-order valence-electron chi connectivity index (χ2n) is 7.31. The van der Waals surface area contributed by atoms with E-state index in [1.165, 1.54) is 39.8 Å². The summed E-state index contributed by atoms with van der Waals surface area (Å²) in [7, 11) is 1.91. The quantitative estimate of drug-likeness (QED) is 0.143. The fourth-order valence-corrected chi connectivity index (χ4v) is 6.20. The van der Waals surface area contributed by atoms with Crippen LogP contribution in [0.5, 0.6) is 0 Å². The van der Waals surface area contributed by atoms with E-state index in [4.69, 9.17) is 10.6 Å². The molecule has 3 N–H and O–H groups in total. The normalized spacial score (nSPS) is 19.7. The maximum Gasteiger partial charge on any atom is 0.266 e. The first-order valence-electron chi connectivity index (χ1n) is 9.97. The van der Waals surface area contributed by atoms with Gasteiger partial charge in [-0.1, -0.05) is 5.16 Å². The number of carbonyl (C=O) groups is 3. The number of pyridine rings is 1. The first kappa shape index (κ1) is 24.0. The summed E-state index contributed by atoms with van der Waals surface area (Å²) in [5.74, 6) is -1.70. The predicted octanol–water partition coefficient (Wildman–Crippen LogP) is -0.752. The minimum absolute atomic E-state index is 0.0505. The van der Waals surface area contributed by atoms with E-state index in [2.05, 4.69) is 15.5 Å². The Morgan fingerprint density at radius 3 is 2.91 bits per heavy atom. The van der Waals surface area contributed by atoms with Gasteiger partial charge in [0.25, 0.3) is 11.8 Å². The molecule has 34 heavy (non-hydrogen) atoms. The lowest BCUT2D eigenvalue weighted by molar-refractivity contribution is -0.671. The minimum Gasteiger partial charge on any atom is -0.543 e. The van der Waals surface area contributed by atoms with Crippen LogP contribution in [0.3, 0.4) is 0 Å². The van der Waals surface area contributed by atoms with E-state index >= 15 is 0 Å². The summed E-state index contributed by atoms with van der Waals surface area (Å²) >= 11 is 4.09. The molecule has 2 atom stereocenters. The van der Waals surface area contributed by atoms with Gasteiger partial charge in [-0.2, -0.15) is 0 Å². The van der Waals surface area contributed by atoms with Gasteiger partial charge in [0.05, 0.1) is 23.4 Å². The van der Waals surface area contributed by atoms with E-state index in [0.717, 1.165) is 11.1 Å². The lowest BCUT2D eigenvalue weighted by Gasteiger charge is -2.51. The molecule has 2 aliphatic rings. The Morgan fingerprint density at radius 2 is 2.24 bits per heavy atom. The van der Waals surface area contributed by atoms with Crippen LogP contribution >= 0.6 is 34.9 Å². The standard InChI is InChI=1S/C20H20N6O5S3/c1-25-4-2-12(3-5-25)32-10-14-17(19(29)30)26-13(9-33-14)16(18(26)28)24-15(27)6-22-31-7-11-8-34-20(21)23-11/h2-6,8,13,16H,7,9-10H2,1H3,(H3-,21,23,24,27,29,30)/b22-6-/t13-,16+/m1/s1. The molecule has 0 bridgehead atoms. The average Bonchev–Trinajstić information content (AvgIpc) is 3.24. The average molecular weight is 521 g/mol. The predicted molar refractivity (Wildman–Crippen MR) is 125 cm³/mol. The number of nitrogens with two attached hydrogens (primary N) is 1. The van der Waals surface area contributed by atoms with Gasteiger partial charge in [-0.3, -0.25) is 9.59 Å². The van der Waals surface area contributed by atoms with Crippen molar-refractivity contribution in [1.82, 2.24) is 15.2 Å². The highest BCUT2D eigenvalue weighted by Gasteiger charge is 2.52. The van der Waals surface area contributed by atoms with Gasteiger partial charge in [-0.05, 0) is 0 Å². The number of β-lactam (4-membered cyclic amide) rings is 1. The number of nitrogen functional groups attached to an aromatic ring is 1. The van der Waals surface area contributed by atoms with Crippen LogP contribution in [0.1, 0.15) is 5.69 Å². The molecule has 0 radical (unpaired) electrons. The molecule has 0 aliphatic carbocycles. The first-order valence-corrected chi connectivity index (χ1v) is 12.8. The second-order valence-corrected chi connectivity index (χ2v) is 10.4. The van der Waals surface area contributed by atoms with Gasteiger partial charge in [0, 0.05) is 38.8 Å². The maximum absolute atomic E-state index is 12.7. The number of thiazole rings is 1. The third kappa shape index (κ3) is 5.34. The molecule has 0 unspecified atom stereocenters. The molecule has 0 aromatic carbocycles. The van der Waals surface area contributed by atoms with Crippen molar-refractivity contribution >= 4 is 64.0 Å². The molecule has 178 valence electrons. The van der Waals surface area contributed by atoms with Gasteiger partial charge in [0.15, 0.2) is 24.1 Å². The van der Waals surface area contributed by atoms with Gasteiger partial charge in [-0.25, -0.2) is 9.55 Å². The number of carboxylic acid groups (broad SMARTS) is 1. The van der Waals surface area contributed by atoms with Crippen molar-refractivity contribution in [2.75, 3.05) is 17.2 Å². The molecule has 1 fully saturated rings. The van der Waals surface area contributed by atoms with Crippen LogP contribution < -0.4 is 20.7 Å². The number of anilines is 1. The number of hydrogen-bond acceptors (Lipinski definition) is 11. The molecule has 2 aromatic rings. The number of aryl methyl sites for hydroxylation is 1. The van der Waals surface area contributed by atoms with E-state index in [9.17, 15) is 19.5 Å². The smallest absolute Gasteiger partial charge is 0.266 e. The molecule has 2 aliphatic heterocycles. The third-order valence-electron chi connectivity index (χ3n) is 4.99. The third-order valence-corrected chi connectivity index (χ3v) is 8.13. The lowest BCUT2D eigenvalue weighted by atomic mass is 9.94. The van der Waals surface area contributed by atoms with Crippen LogP contribution in [0.25, 0.3) is 0 Å². The molecule has 2 aromatic heterocycles. The number of rotatable bonds is 9. The number of aromatic nitrogens is 2. The Bertz CT molecular complexity index is 1170. The van der Waals surface area contributed by atoms with Crippen molar-refractivity contribution in [1.29, 1.82) is 0 Å².